The molecule has 0 radical (unpaired) electrons. The Morgan fingerprint density at radius 3 is 2.35 bits per heavy atom. The number of ether oxygens (including phenoxy) is 2. The van der Waals surface area contributed by atoms with Crippen molar-refractivity contribution in [3.8, 4) is 11.5 Å². The summed E-state index contributed by atoms with van der Waals surface area (Å²) in [6, 6.07) is 10.1. The highest BCUT2D eigenvalue weighted by molar-refractivity contribution is 6.31. The fourth-order valence-corrected chi connectivity index (χ4v) is 9.69. The van der Waals surface area contributed by atoms with Crippen molar-refractivity contribution in [2.45, 2.75) is 63.1 Å². The van der Waals surface area contributed by atoms with Gasteiger partial charge in [-0.3, -0.25) is 34.3 Å². The van der Waals surface area contributed by atoms with Gasteiger partial charge in [0.05, 0.1) is 41.1 Å². The van der Waals surface area contributed by atoms with Crippen LogP contribution in [0, 0.1) is 17.6 Å². The summed E-state index contributed by atoms with van der Waals surface area (Å²) in [4.78, 5) is 67.6. The molecule has 3 unspecified atom stereocenters. The third kappa shape index (κ3) is 7.71. The van der Waals surface area contributed by atoms with E-state index in [0.29, 0.717) is 59.8 Å². The van der Waals surface area contributed by atoms with Crippen LogP contribution in [0.15, 0.2) is 48.8 Å². The molecule has 60 heavy (non-hydrogen) atoms. The van der Waals surface area contributed by atoms with Crippen LogP contribution in [0.2, 0.25) is 5.02 Å². The molecule has 9 rings (SSSR count). The summed E-state index contributed by atoms with van der Waals surface area (Å²) in [6.07, 6.45) is 6.56. The number of hydrogen-bond donors (Lipinski definition) is 2. The first kappa shape index (κ1) is 40.0. The molecule has 6 heterocycles. The third-order valence-corrected chi connectivity index (χ3v) is 12.9. The van der Waals surface area contributed by atoms with Crippen LogP contribution in [0.1, 0.15) is 65.7 Å². The number of amides is 4. The Bertz CT molecular complexity index is 2370. The smallest absolute Gasteiger partial charge is 0.262 e. The number of halogens is 3. The zero-order valence-corrected chi connectivity index (χ0v) is 33.9. The highest BCUT2D eigenvalue weighted by Gasteiger charge is 2.46. The van der Waals surface area contributed by atoms with Crippen LogP contribution < -0.4 is 25.0 Å². The first-order valence-corrected chi connectivity index (χ1v) is 20.9. The fourth-order valence-electron chi connectivity index (χ4n) is 9.51. The van der Waals surface area contributed by atoms with E-state index in [-0.39, 0.29) is 41.1 Å². The summed E-state index contributed by atoms with van der Waals surface area (Å²) in [6.45, 7) is 5.65. The molecule has 4 saturated heterocycles. The van der Waals surface area contributed by atoms with Crippen molar-refractivity contribution < 1.29 is 37.4 Å². The number of carbonyl (C=O) groups is 4. The number of nitrogens with zero attached hydrogens (tertiary/aromatic N) is 6. The summed E-state index contributed by atoms with van der Waals surface area (Å²) in [5.74, 6) is -1.32. The molecule has 314 valence electrons. The van der Waals surface area contributed by atoms with Gasteiger partial charge in [0.15, 0.2) is 11.5 Å². The minimum atomic E-state index is -1.10. The number of fused-ring (bicyclic) bond motifs is 4. The minimum absolute atomic E-state index is 0.00726. The Balaban J connectivity index is 0.759. The van der Waals surface area contributed by atoms with Crippen molar-refractivity contribution in [3.63, 3.8) is 0 Å². The Morgan fingerprint density at radius 1 is 0.883 bits per heavy atom. The first-order valence-electron chi connectivity index (χ1n) is 20.5. The van der Waals surface area contributed by atoms with E-state index in [4.69, 9.17) is 21.1 Å². The number of carbonyl (C=O) groups excluding carboxylic acids is 4. The van der Waals surface area contributed by atoms with Gasteiger partial charge in [0.25, 0.3) is 11.8 Å². The fraction of sp³-hybridized carbons (Fsp3) is 0.442. The lowest BCUT2D eigenvalue weighted by Crippen LogP contribution is -2.55. The normalized spacial score (nSPS) is 22.4. The standard InChI is InChI=1S/C43H45ClF2N8O6/c1-59-37-19-34-30(40(48-23-47-34)49-25-3-6-32(45)31(44)15-25)18-38(37)60-14-2-11-51-12-9-24(10-13-51)20-53-26-4-5-27(53)22-52(21-26)36-17-29-28(16-33(36)46)42(57)54(43(29)58)35-7-8-39(55)50-41(35)56/h3,6,15-19,23-24,26-27,35H,2,4-5,7-14,20-22H2,1H3,(H,47,48,49)(H,50,55,56). The number of hydrogen-bond acceptors (Lipinski definition) is 12. The van der Waals surface area contributed by atoms with Crippen LogP contribution in [-0.4, -0.2) is 119 Å². The number of imide groups is 2. The predicted octanol–water partition coefficient (Wildman–Crippen LogP) is 5.55. The van der Waals surface area contributed by atoms with Crippen molar-refractivity contribution in [1.29, 1.82) is 0 Å². The number of rotatable bonds is 12. The molecule has 1 aromatic heterocycles. The molecule has 0 spiro atoms. The zero-order valence-electron chi connectivity index (χ0n) is 33.1. The van der Waals surface area contributed by atoms with Gasteiger partial charge >= 0.3 is 0 Å². The maximum absolute atomic E-state index is 15.7. The number of anilines is 3. The molecule has 3 atom stereocenters. The molecule has 4 aromatic rings. The summed E-state index contributed by atoms with van der Waals surface area (Å²) < 4.78 is 41.3. The molecule has 4 fully saturated rings. The molecule has 0 aliphatic carbocycles. The van der Waals surface area contributed by atoms with Crippen LogP contribution in [0.4, 0.5) is 26.0 Å². The Hall–Kier alpha value is -5.45. The maximum atomic E-state index is 15.7. The van der Waals surface area contributed by atoms with Gasteiger partial charge in [-0.25, -0.2) is 18.7 Å². The average molecular weight is 843 g/mol. The van der Waals surface area contributed by atoms with Crippen LogP contribution >= 0.6 is 11.6 Å². The van der Waals surface area contributed by atoms with Gasteiger partial charge in [-0.15, -0.1) is 0 Å². The molecule has 14 nitrogen and oxygen atoms in total. The first-order chi connectivity index (χ1) is 29.0. The molecule has 2 N–H and O–H groups in total. The summed E-state index contributed by atoms with van der Waals surface area (Å²) >= 11 is 5.99. The van der Waals surface area contributed by atoms with Crippen LogP contribution in [0.3, 0.4) is 0 Å². The number of aromatic nitrogens is 2. The van der Waals surface area contributed by atoms with Crippen LogP contribution in [0.25, 0.3) is 10.9 Å². The minimum Gasteiger partial charge on any atom is -0.493 e. The molecule has 5 aliphatic rings. The Kier molecular flexibility index (Phi) is 11.0. The molecule has 0 saturated carbocycles. The monoisotopic (exact) mass is 842 g/mol. The lowest BCUT2D eigenvalue weighted by Gasteiger charge is -2.44. The van der Waals surface area contributed by atoms with Gasteiger partial charge in [0.2, 0.25) is 11.8 Å². The van der Waals surface area contributed by atoms with E-state index in [1.807, 2.05) is 17.0 Å². The van der Waals surface area contributed by atoms with Crippen molar-refractivity contribution in [2.75, 3.05) is 63.2 Å². The second-order valence-corrected chi connectivity index (χ2v) is 16.7. The Labute approximate surface area is 350 Å². The molecular formula is C43H45ClF2N8O6. The second-order valence-electron chi connectivity index (χ2n) is 16.3. The van der Waals surface area contributed by atoms with E-state index in [0.717, 1.165) is 74.6 Å². The van der Waals surface area contributed by atoms with Crippen LogP contribution in [0.5, 0.6) is 11.5 Å². The number of nitrogens with one attached hydrogen (secondary N) is 2. The van der Waals surface area contributed by atoms with E-state index >= 15 is 4.39 Å². The predicted molar refractivity (Wildman–Crippen MR) is 219 cm³/mol. The molecule has 4 amide bonds. The summed E-state index contributed by atoms with van der Waals surface area (Å²) in [7, 11) is 1.59. The lowest BCUT2D eigenvalue weighted by atomic mass is 9.95. The van der Waals surface area contributed by atoms with Gasteiger partial charge in [0.1, 0.15) is 29.8 Å². The third-order valence-electron chi connectivity index (χ3n) is 12.6. The van der Waals surface area contributed by atoms with E-state index < -0.39 is 41.3 Å². The maximum Gasteiger partial charge on any atom is 0.262 e. The van der Waals surface area contributed by atoms with Gasteiger partial charge in [-0.2, -0.15) is 0 Å². The van der Waals surface area contributed by atoms with Crippen molar-refractivity contribution in [2.24, 2.45) is 5.92 Å². The summed E-state index contributed by atoms with van der Waals surface area (Å²) in [5.41, 5.74) is 1.59. The van der Waals surface area contributed by atoms with Crippen molar-refractivity contribution in [1.82, 2.24) is 30.0 Å². The highest BCUT2D eigenvalue weighted by atomic mass is 35.5. The van der Waals surface area contributed by atoms with Gasteiger partial charge < -0.3 is 24.6 Å². The number of likely N-dealkylation sites (tertiary alicyclic amines) is 1. The van der Waals surface area contributed by atoms with Crippen LogP contribution in [-0.2, 0) is 9.59 Å². The van der Waals surface area contributed by atoms with Crippen molar-refractivity contribution >= 4 is 63.3 Å². The largest absolute Gasteiger partial charge is 0.493 e. The van der Waals surface area contributed by atoms with Crippen molar-refractivity contribution in [3.05, 3.63) is 76.6 Å². The molecule has 17 heteroatoms. The van der Waals surface area contributed by atoms with Gasteiger partial charge in [0, 0.05) is 61.8 Å². The SMILES string of the molecule is COc1cc2ncnc(Nc3ccc(F)c(Cl)c3)c2cc1OCCCN1CCC(CN2C3CCC2CN(c2cc4c(cc2F)C(=O)N(C2CCC(=O)NC2=O)C4=O)C3)CC1. The molecule has 3 aromatic carbocycles. The average Bonchev–Trinajstić information content (AvgIpc) is 3.60. The quantitative estimate of drug-likeness (QED) is 0.136. The lowest BCUT2D eigenvalue weighted by molar-refractivity contribution is -0.136. The van der Waals surface area contributed by atoms with E-state index in [1.54, 1.807) is 13.2 Å². The Morgan fingerprint density at radius 2 is 1.63 bits per heavy atom. The zero-order chi connectivity index (χ0) is 41.7. The highest BCUT2D eigenvalue weighted by Crippen LogP contribution is 2.39. The number of piperidine rings is 2. The summed E-state index contributed by atoms with van der Waals surface area (Å²) in [5, 5.41) is 6.12. The number of benzene rings is 3. The van der Waals surface area contributed by atoms with Gasteiger partial charge in [-0.05, 0) is 93.9 Å². The van der Waals surface area contributed by atoms with E-state index in [2.05, 4.69) is 30.4 Å². The topological polar surface area (TPSA) is 150 Å². The molecule has 5 aliphatic heterocycles. The van der Waals surface area contributed by atoms with Gasteiger partial charge in [-0.1, -0.05) is 11.6 Å². The number of methoxy groups -OCH3 is 1. The molecular weight excluding hydrogens is 798 g/mol. The number of piperazine rings is 1. The second kappa shape index (κ2) is 16.5. The van der Waals surface area contributed by atoms with E-state index in [9.17, 15) is 23.6 Å². The van der Waals surface area contributed by atoms with E-state index in [1.165, 1.54) is 24.5 Å². The molecule has 2 bridgehead atoms.